The van der Waals surface area contributed by atoms with Gasteiger partial charge in [-0.3, -0.25) is 0 Å². The first-order chi connectivity index (χ1) is 10.2. The lowest BCUT2D eigenvalue weighted by Crippen LogP contribution is -1.93. The molecule has 0 aliphatic rings. The van der Waals surface area contributed by atoms with Gasteiger partial charge in [0.2, 0.25) is 0 Å². The average molecular weight is 276 g/mol. The van der Waals surface area contributed by atoms with Gasteiger partial charge in [0.1, 0.15) is 11.5 Å². The van der Waals surface area contributed by atoms with Crippen LogP contribution in [0.2, 0.25) is 0 Å². The molecule has 0 spiro atoms. The van der Waals surface area contributed by atoms with E-state index >= 15 is 0 Å². The molecule has 3 rings (SSSR count). The molecule has 0 bridgehead atoms. The first-order valence-corrected chi connectivity index (χ1v) is 6.88. The minimum Gasteiger partial charge on any atom is -0.508 e. The van der Waals surface area contributed by atoms with E-state index in [2.05, 4.69) is 0 Å². The molecule has 3 aromatic rings. The number of hydrogen-bond donors (Lipinski definition) is 2. The van der Waals surface area contributed by atoms with Crippen molar-refractivity contribution in [3.8, 4) is 22.6 Å². The maximum absolute atomic E-state index is 10.2. The lowest BCUT2D eigenvalue weighted by molar-refractivity contribution is 0.451. The van der Waals surface area contributed by atoms with Crippen LogP contribution < -0.4 is 0 Å². The van der Waals surface area contributed by atoms with E-state index in [-0.39, 0.29) is 11.5 Å². The molecule has 0 radical (unpaired) electrons. The fourth-order valence-electron chi connectivity index (χ4n) is 2.56. The molecule has 2 nitrogen and oxygen atoms in total. The van der Waals surface area contributed by atoms with Gasteiger partial charge in [-0.15, -0.1) is 0 Å². The number of phenols is 2. The number of hydrogen-bond acceptors (Lipinski definition) is 2. The average Bonchev–Trinajstić information content (AvgIpc) is 2.48. The van der Waals surface area contributed by atoms with Crippen LogP contribution in [0.3, 0.4) is 0 Å². The van der Waals surface area contributed by atoms with Crippen molar-refractivity contribution in [3.63, 3.8) is 0 Å². The van der Waals surface area contributed by atoms with Gasteiger partial charge in [0.25, 0.3) is 0 Å². The summed E-state index contributed by atoms with van der Waals surface area (Å²) in [5.74, 6) is 0.185. The van der Waals surface area contributed by atoms with E-state index in [0.717, 1.165) is 22.3 Å². The van der Waals surface area contributed by atoms with Gasteiger partial charge in [-0.1, -0.05) is 60.7 Å². The summed E-state index contributed by atoms with van der Waals surface area (Å²) in [7, 11) is 0. The highest BCUT2D eigenvalue weighted by atomic mass is 16.3. The maximum Gasteiger partial charge on any atom is 0.127 e. The second-order valence-electron chi connectivity index (χ2n) is 5.03. The van der Waals surface area contributed by atoms with Crippen molar-refractivity contribution in [2.75, 3.05) is 0 Å². The smallest absolute Gasteiger partial charge is 0.127 e. The summed E-state index contributed by atoms with van der Waals surface area (Å²) in [5, 5.41) is 20.0. The van der Waals surface area contributed by atoms with E-state index in [4.69, 9.17) is 0 Å². The van der Waals surface area contributed by atoms with Gasteiger partial charge in [-0.25, -0.2) is 0 Å². The first-order valence-electron chi connectivity index (χ1n) is 6.88. The predicted molar refractivity (Wildman–Crippen MR) is 84.5 cm³/mol. The molecular weight excluding hydrogens is 260 g/mol. The second-order valence-corrected chi connectivity index (χ2v) is 5.03. The van der Waals surface area contributed by atoms with Gasteiger partial charge in [0.15, 0.2) is 0 Å². The van der Waals surface area contributed by atoms with E-state index < -0.39 is 0 Å². The highest BCUT2D eigenvalue weighted by Gasteiger charge is 2.12. The Kier molecular flexibility index (Phi) is 3.61. The zero-order valence-corrected chi connectivity index (χ0v) is 11.5. The molecule has 0 saturated carbocycles. The summed E-state index contributed by atoms with van der Waals surface area (Å²) >= 11 is 0. The molecule has 0 aliphatic carbocycles. The van der Waals surface area contributed by atoms with E-state index in [1.165, 1.54) is 6.07 Å². The molecule has 0 fully saturated rings. The molecule has 0 saturated heterocycles. The Hall–Kier alpha value is -2.74. The van der Waals surface area contributed by atoms with Crippen LogP contribution in [0.4, 0.5) is 0 Å². The fraction of sp³-hybridized carbons (Fsp3) is 0.0526. The van der Waals surface area contributed by atoms with Gasteiger partial charge in [0, 0.05) is 11.6 Å². The molecule has 0 atom stereocenters. The number of rotatable bonds is 3. The molecule has 3 aromatic carbocycles. The first kappa shape index (κ1) is 13.3. The van der Waals surface area contributed by atoms with E-state index in [1.807, 2.05) is 60.7 Å². The van der Waals surface area contributed by atoms with Crippen LogP contribution >= 0.6 is 0 Å². The Bertz CT molecular complexity index is 734. The van der Waals surface area contributed by atoms with Crippen LogP contribution in [0.5, 0.6) is 11.5 Å². The van der Waals surface area contributed by atoms with Crippen LogP contribution in [0.25, 0.3) is 11.1 Å². The van der Waals surface area contributed by atoms with Gasteiger partial charge < -0.3 is 10.2 Å². The Balaban J connectivity index is 2.11. The lowest BCUT2D eigenvalue weighted by Gasteiger charge is -2.13. The molecule has 2 N–H and O–H groups in total. The van der Waals surface area contributed by atoms with Gasteiger partial charge in [0.05, 0.1) is 0 Å². The van der Waals surface area contributed by atoms with Crippen molar-refractivity contribution in [2.45, 2.75) is 6.42 Å². The monoisotopic (exact) mass is 276 g/mol. The summed E-state index contributed by atoms with van der Waals surface area (Å²) in [5.41, 5.74) is 3.77. The highest BCUT2D eigenvalue weighted by Crippen LogP contribution is 2.36. The van der Waals surface area contributed by atoms with Crippen LogP contribution in [-0.4, -0.2) is 10.2 Å². The van der Waals surface area contributed by atoms with Crippen LogP contribution in [0.15, 0.2) is 72.8 Å². The van der Waals surface area contributed by atoms with E-state index in [9.17, 15) is 10.2 Å². The quantitative estimate of drug-likeness (QED) is 0.746. The zero-order valence-electron chi connectivity index (χ0n) is 11.5. The van der Waals surface area contributed by atoms with Gasteiger partial charge >= 0.3 is 0 Å². The summed E-state index contributed by atoms with van der Waals surface area (Å²) in [4.78, 5) is 0. The highest BCUT2D eigenvalue weighted by molar-refractivity contribution is 5.75. The van der Waals surface area contributed by atoms with Crippen molar-refractivity contribution in [1.82, 2.24) is 0 Å². The van der Waals surface area contributed by atoms with Crippen LogP contribution in [0, 0.1) is 0 Å². The minimum absolute atomic E-state index is 0.0816. The summed E-state index contributed by atoms with van der Waals surface area (Å²) < 4.78 is 0. The molecule has 0 amide bonds. The predicted octanol–water partition coefficient (Wildman–Crippen LogP) is 4.36. The molecular formula is C19H16O2. The van der Waals surface area contributed by atoms with Crippen molar-refractivity contribution in [1.29, 1.82) is 0 Å². The Morgan fingerprint density at radius 2 is 1.33 bits per heavy atom. The lowest BCUT2D eigenvalue weighted by atomic mass is 9.94. The summed E-state index contributed by atoms with van der Waals surface area (Å²) in [6, 6.07) is 22.9. The van der Waals surface area contributed by atoms with Crippen molar-refractivity contribution >= 4 is 0 Å². The Labute approximate surface area is 123 Å². The normalized spacial score (nSPS) is 10.5. The minimum atomic E-state index is 0.0816. The van der Waals surface area contributed by atoms with Gasteiger partial charge in [-0.2, -0.15) is 0 Å². The molecule has 2 heteroatoms. The summed E-state index contributed by atoms with van der Waals surface area (Å²) in [6.07, 6.45) is 0.660. The molecule has 0 unspecified atom stereocenters. The molecule has 0 aromatic heterocycles. The van der Waals surface area contributed by atoms with Crippen molar-refractivity contribution < 1.29 is 10.2 Å². The molecule has 0 heterocycles. The topological polar surface area (TPSA) is 40.5 Å². The fourth-order valence-corrected chi connectivity index (χ4v) is 2.56. The molecule has 104 valence electrons. The second kappa shape index (κ2) is 5.71. The van der Waals surface area contributed by atoms with E-state index in [0.29, 0.717) is 6.42 Å². The SMILES string of the molecule is Oc1cc(O)c(-c2ccccc2)c(Cc2ccccc2)c1. The Morgan fingerprint density at radius 3 is 2.00 bits per heavy atom. The molecule has 21 heavy (non-hydrogen) atoms. The van der Waals surface area contributed by atoms with Crippen LogP contribution in [-0.2, 0) is 6.42 Å². The van der Waals surface area contributed by atoms with Crippen molar-refractivity contribution in [3.05, 3.63) is 83.9 Å². The molecule has 0 aliphatic heterocycles. The van der Waals surface area contributed by atoms with Crippen LogP contribution in [0.1, 0.15) is 11.1 Å². The third kappa shape index (κ3) is 2.90. The zero-order chi connectivity index (χ0) is 14.7. The number of phenolic OH excluding ortho intramolecular Hbond substituents is 2. The van der Waals surface area contributed by atoms with Crippen molar-refractivity contribution in [2.24, 2.45) is 0 Å². The standard InChI is InChI=1S/C19H16O2/c20-17-12-16(11-14-7-3-1-4-8-14)19(18(21)13-17)15-9-5-2-6-10-15/h1-10,12-13,20-21H,11H2. The third-order valence-corrected chi connectivity index (χ3v) is 3.48. The Morgan fingerprint density at radius 1 is 0.714 bits per heavy atom. The van der Waals surface area contributed by atoms with E-state index in [1.54, 1.807) is 6.07 Å². The summed E-state index contributed by atoms with van der Waals surface area (Å²) in [6.45, 7) is 0. The maximum atomic E-state index is 10.2. The number of benzene rings is 3. The largest absolute Gasteiger partial charge is 0.508 e. The third-order valence-electron chi connectivity index (χ3n) is 3.48. The number of aromatic hydroxyl groups is 2. The van der Waals surface area contributed by atoms with Gasteiger partial charge in [-0.05, 0) is 29.2 Å².